The van der Waals surface area contributed by atoms with Gasteiger partial charge >= 0.3 is 23.1 Å². The maximum atomic E-state index is 5.66. The number of hydrogen-bond acceptors (Lipinski definition) is 0. The fourth-order valence-corrected chi connectivity index (χ4v) is 1.17. The fraction of sp³-hybridized carbons (Fsp3) is 0.400. The van der Waals surface area contributed by atoms with E-state index in [0.29, 0.717) is 11.8 Å². The molecule has 0 saturated heterocycles. The molecule has 2 heteroatoms. The second-order valence-electron chi connectivity index (χ2n) is 3.03. The Morgan fingerprint density at radius 2 is 1.75 bits per heavy atom. The van der Waals surface area contributed by atoms with E-state index in [9.17, 15) is 0 Å². The molecular formula is C10H15ClMg. The summed E-state index contributed by atoms with van der Waals surface area (Å²) in [4.78, 5) is 0. The summed E-state index contributed by atoms with van der Waals surface area (Å²) < 4.78 is 0. The molecule has 0 N–H and O–H groups in total. The fourth-order valence-electron chi connectivity index (χ4n) is 0.992. The zero-order chi connectivity index (χ0) is 8.27. The topological polar surface area (TPSA) is 0 Å². The van der Waals surface area contributed by atoms with Gasteiger partial charge in [-0.15, -0.1) is 11.6 Å². The van der Waals surface area contributed by atoms with Crippen molar-refractivity contribution in [3.63, 3.8) is 0 Å². The summed E-state index contributed by atoms with van der Waals surface area (Å²) in [6, 6.07) is 8.45. The number of benzene rings is 1. The molecule has 1 aromatic carbocycles. The predicted octanol–water partition coefficient (Wildman–Crippen LogP) is 3.39. The van der Waals surface area contributed by atoms with E-state index in [0.717, 1.165) is 0 Å². The van der Waals surface area contributed by atoms with Gasteiger partial charge in [-0.1, -0.05) is 38.1 Å². The molecule has 0 aliphatic carbocycles. The molecular weight excluding hydrogens is 180 g/mol. The smallest absolute Gasteiger partial charge is 1.00 e. The van der Waals surface area contributed by atoms with Gasteiger partial charge in [0.1, 0.15) is 0 Å². The molecule has 0 aliphatic heterocycles. The number of halogens is 1. The third-order valence-electron chi connectivity index (χ3n) is 1.80. The first-order valence-corrected chi connectivity index (χ1v) is 4.42. The van der Waals surface area contributed by atoms with Gasteiger partial charge in [0.25, 0.3) is 0 Å². The predicted molar refractivity (Wildman–Crippen MR) is 58.1 cm³/mol. The first-order valence-electron chi connectivity index (χ1n) is 3.89. The molecule has 64 valence electrons. The van der Waals surface area contributed by atoms with Gasteiger partial charge in [-0.25, -0.2) is 0 Å². The molecule has 0 aliphatic rings. The largest absolute Gasteiger partial charge is 2.00 e. The minimum atomic E-state index is 0. The van der Waals surface area contributed by atoms with Crippen LogP contribution < -0.4 is 0 Å². The van der Waals surface area contributed by atoms with Gasteiger partial charge in [0.2, 0.25) is 0 Å². The SMILES string of the molecule is CC(C)c1ccc(CCl)cc1.[H-].[H-].[Mg+2]. The van der Waals surface area contributed by atoms with Crippen LogP contribution >= 0.6 is 11.6 Å². The van der Waals surface area contributed by atoms with Crippen LogP contribution in [0.1, 0.15) is 33.7 Å². The van der Waals surface area contributed by atoms with Crippen LogP contribution in [0.5, 0.6) is 0 Å². The van der Waals surface area contributed by atoms with Crippen LogP contribution in [0.3, 0.4) is 0 Å². The van der Waals surface area contributed by atoms with Crippen molar-refractivity contribution in [3.8, 4) is 0 Å². The Morgan fingerprint density at radius 3 is 2.08 bits per heavy atom. The van der Waals surface area contributed by atoms with E-state index >= 15 is 0 Å². The molecule has 1 aromatic rings. The van der Waals surface area contributed by atoms with Crippen LogP contribution in [0.4, 0.5) is 0 Å². The molecule has 0 bridgehead atoms. The monoisotopic (exact) mass is 194 g/mol. The first kappa shape index (κ1) is 12.3. The van der Waals surface area contributed by atoms with Gasteiger partial charge < -0.3 is 2.85 Å². The zero-order valence-corrected chi connectivity index (χ0v) is 9.85. The van der Waals surface area contributed by atoms with Gasteiger partial charge in [-0.05, 0) is 17.0 Å². The average Bonchev–Trinajstić information content (AvgIpc) is 2.05. The van der Waals surface area contributed by atoms with Crippen molar-refractivity contribution in [2.75, 3.05) is 0 Å². The van der Waals surface area contributed by atoms with E-state index in [-0.39, 0.29) is 25.9 Å². The summed E-state index contributed by atoms with van der Waals surface area (Å²) >= 11 is 5.66. The second-order valence-corrected chi connectivity index (χ2v) is 3.30. The van der Waals surface area contributed by atoms with E-state index in [4.69, 9.17) is 11.6 Å². The summed E-state index contributed by atoms with van der Waals surface area (Å²) in [6.07, 6.45) is 0. The van der Waals surface area contributed by atoms with Crippen LogP contribution in [0.15, 0.2) is 24.3 Å². The molecule has 0 radical (unpaired) electrons. The molecule has 0 aromatic heterocycles. The Morgan fingerprint density at radius 1 is 1.25 bits per heavy atom. The molecule has 0 atom stereocenters. The summed E-state index contributed by atoms with van der Waals surface area (Å²) in [5, 5.41) is 0. The van der Waals surface area contributed by atoms with Crippen LogP contribution in [0, 0.1) is 0 Å². The average molecular weight is 195 g/mol. The third kappa shape index (κ3) is 3.34. The van der Waals surface area contributed by atoms with Gasteiger partial charge in [0, 0.05) is 5.88 Å². The van der Waals surface area contributed by atoms with E-state index in [1.807, 2.05) is 0 Å². The van der Waals surface area contributed by atoms with E-state index in [1.54, 1.807) is 0 Å². The Labute approximate surface area is 98.4 Å². The van der Waals surface area contributed by atoms with Crippen molar-refractivity contribution in [2.45, 2.75) is 25.6 Å². The van der Waals surface area contributed by atoms with Crippen molar-refractivity contribution >= 4 is 34.7 Å². The van der Waals surface area contributed by atoms with Gasteiger partial charge in [0.15, 0.2) is 0 Å². The quantitative estimate of drug-likeness (QED) is 0.501. The summed E-state index contributed by atoms with van der Waals surface area (Å²) in [6.45, 7) is 4.38. The Hall–Kier alpha value is 0.276. The van der Waals surface area contributed by atoms with Crippen molar-refractivity contribution in [1.29, 1.82) is 0 Å². The normalized spacial score (nSPS) is 9.67. The van der Waals surface area contributed by atoms with Gasteiger partial charge in [-0.2, -0.15) is 0 Å². The Balaban J connectivity index is -0.000000403. The second kappa shape index (κ2) is 5.84. The molecule has 0 amide bonds. The minimum Gasteiger partial charge on any atom is -1.00 e. The van der Waals surface area contributed by atoms with E-state index < -0.39 is 0 Å². The molecule has 0 fully saturated rings. The minimum absolute atomic E-state index is 0. The van der Waals surface area contributed by atoms with Crippen LogP contribution in [-0.2, 0) is 5.88 Å². The van der Waals surface area contributed by atoms with Crippen LogP contribution in [0.2, 0.25) is 0 Å². The van der Waals surface area contributed by atoms with E-state index in [2.05, 4.69) is 38.1 Å². The molecule has 1 rings (SSSR count). The maximum absolute atomic E-state index is 5.66. The zero-order valence-electron chi connectivity index (χ0n) is 9.68. The summed E-state index contributed by atoms with van der Waals surface area (Å²) in [5.41, 5.74) is 2.56. The van der Waals surface area contributed by atoms with Crippen LogP contribution in [0.25, 0.3) is 0 Å². The van der Waals surface area contributed by atoms with Crippen molar-refractivity contribution < 1.29 is 2.85 Å². The number of alkyl halides is 1. The maximum Gasteiger partial charge on any atom is 2.00 e. The van der Waals surface area contributed by atoms with Crippen molar-refractivity contribution in [1.82, 2.24) is 0 Å². The molecule has 0 nitrogen and oxygen atoms in total. The molecule has 0 heterocycles. The standard InChI is InChI=1S/C10H13Cl.Mg.2H/c1-8(2)10-5-3-9(7-11)4-6-10;;;/h3-6,8H,7H2,1-2H3;;;/q;+2;2*-1. The van der Waals surface area contributed by atoms with Crippen molar-refractivity contribution in [2.24, 2.45) is 0 Å². The molecule has 12 heavy (non-hydrogen) atoms. The molecule has 0 saturated carbocycles. The Kier molecular flexibility index (Phi) is 5.98. The first-order chi connectivity index (χ1) is 5.24. The third-order valence-corrected chi connectivity index (χ3v) is 2.11. The Bertz CT molecular complexity index is 224. The molecule has 0 unspecified atom stereocenters. The summed E-state index contributed by atoms with van der Waals surface area (Å²) in [5.74, 6) is 1.22. The van der Waals surface area contributed by atoms with Crippen molar-refractivity contribution in [3.05, 3.63) is 35.4 Å². The van der Waals surface area contributed by atoms with E-state index in [1.165, 1.54) is 11.1 Å². The van der Waals surface area contributed by atoms with Crippen LogP contribution in [-0.4, -0.2) is 23.1 Å². The summed E-state index contributed by atoms with van der Waals surface area (Å²) in [7, 11) is 0. The van der Waals surface area contributed by atoms with Gasteiger partial charge in [0.05, 0.1) is 0 Å². The number of hydrogen-bond donors (Lipinski definition) is 0. The van der Waals surface area contributed by atoms with Gasteiger partial charge in [-0.3, -0.25) is 0 Å². The number of rotatable bonds is 2. The molecule has 0 spiro atoms.